The molecule has 1 heterocycles. The van der Waals surface area contributed by atoms with E-state index in [2.05, 4.69) is 11.7 Å². The summed E-state index contributed by atoms with van der Waals surface area (Å²) in [4.78, 5) is 0. The summed E-state index contributed by atoms with van der Waals surface area (Å²) >= 11 is 0. The van der Waals surface area contributed by atoms with Gasteiger partial charge in [0.25, 0.3) is 0 Å². The van der Waals surface area contributed by atoms with Crippen molar-refractivity contribution in [1.29, 1.82) is 0 Å². The van der Waals surface area contributed by atoms with Crippen LogP contribution in [0.1, 0.15) is 58.3 Å². The van der Waals surface area contributed by atoms with Crippen LogP contribution in [0, 0.1) is 47.0 Å². The minimum absolute atomic E-state index is 0.00943. The molecule has 1 aliphatic heterocycles. The zero-order valence-electron chi connectivity index (χ0n) is 23.6. The van der Waals surface area contributed by atoms with Crippen LogP contribution in [0.3, 0.4) is 0 Å². The van der Waals surface area contributed by atoms with Crippen LogP contribution in [-0.4, -0.2) is 32.0 Å². The van der Waals surface area contributed by atoms with Gasteiger partial charge in [0, 0.05) is 23.5 Å². The molecule has 5 rings (SSSR count). The highest BCUT2D eigenvalue weighted by Crippen LogP contribution is 2.43. The molecule has 0 bridgehead atoms. The third-order valence-electron chi connectivity index (χ3n) is 9.03. The Labute approximate surface area is 244 Å². The fourth-order valence-electron chi connectivity index (χ4n) is 6.52. The summed E-state index contributed by atoms with van der Waals surface area (Å²) in [5.74, 6) is -6.19. The molecule has 0 N–H and O–H groups in total. The number of rotatable bonds is 7. The second-order valence-electron chi connectivity index (χ2n) is 12.0. The number of hydrogen-bond donors (Lipinski definition) is 0. The minimum Gasteiger partial charge on any atom is -0.432 e. The highest BCUT2D eigenvalue weighted by atomic mass is 19.4. The molecule has 3 fully saturated rings. The van der Waals surface area contributed by atoms with Gasteiger partial charge in [-0.15, -0.1) is 13.2 Å². The second-order valence-corrected chi connectivity index (χ2v) is 12.0. The van der Waals surface area contributed by atoms with Crippen molar-refractivity contribution in [3.8, 4) is 22.6 Å². The lowest BCUT2D eigenvalue weighted by Crippen LogP contribution is -2.43. The van der Waals surface area contributed by atoms with Crippen LogP contribution in [0.5, 0.6) is 11.5 Å². The first-order valence-electron chi connectivity index (χ1n) is 14.6. The highest BCUT2D eigenvalue weighted by molar-refractivity contribution is 5.66. The summed E-state index contributed by atoms with van der Waals surface area (Å²) in [5, 5.41) is 0. The van der Waals surface area contributed by atoms with E-state index in [9.17, 15) is 26.3 Å². The van der Waals surface area contributed by atoms with Gasteiger partial charge in [0.2, 0.25) is 5.75 Å². The normalized spacial score (nSPS) is 28.9. The molecule has 2 aromatic rings. The Hall–Kier alpha value is -2.60. The lowest BCUT2D eigenvalue weighted by atomic mass is 9.76. The van der Waals surface area contributed by atoms with Crippen LogP contribution in [-0.2, 0) is 9.47 Å². The fraction of sp³-hybridized carbons (Fsp3) is 0.613. The first kappa shape index (κ1) is 31.8. The van der Waals surface area contributed by atoms with Crippen molar-refractivity contribution in [1.82, 2.24) is 0 Å². The van der Waals surface area contributed by atoms with Crippen LogP contribution in [0.4, 0.5) is 35.1 Å². The molecule has 0 aromatic heterocycles. The van der Waals surface area contributed by atoms with E-state index in [0.717, 1.165) is 18.1 Å². The van der Waals surface area contributed by atoms with Crippen molar-refractivity contribution in [3.63, 3.8) is 0 Å². The quantitative estimate of drug-likeness (QED) is 0.289. The second kappa shape index (κ2) is 12.8. The number of benzene rings is 2. The van der Waals surface area contributed by atoms with Crippen molar-refractivity contribution in [3.05, 3.63) is 47.8 Å². The molecule has 0 amide bonds. The molecule has 3 aliphatic rings. The van der Waals surface area contributed by atoms with Gasteiger partial charge in [-0.1, -0.05) is 19.8 Å². The van der Waals surface area contributed by atoms with Crippen molar-refractivity contribution in [2.75, 3.05) is 13.2 Å². The van der Waals surface area contributed by atoms with Gasteiger partial charge in [0.15, 0.2) is 17.9 Å². The average molecular weight is 623 g/mol. The molecule has 43 heavy (non-hydrogen) atoms. The van der Waals surface area contributed by atoms with Gasteiger partial charge in [-0.2, -0.15) is 8.78 Å². The van der Waals surface area contributed by atoms with Gasteiger partial charge in [0.05, 0.1) is 19.1 Å². The Morgan fingerprint density at radius 3 is 1.81 bits per heavy atom. The molecule has 238 valence electrons. The van der Waals surface area contributed by atoms with Crippen molar-refractivity contribution in [2.24, 2.45) is 29.6 Å². The lowest BCUT2D eigenvalue weighted by molar-refractivity contribution is -0.276. The van der Waals surface area contributed by atoms with Gasteiger partial charge in [-0.3, -0.25) is 0 Å². The van der Waals surface area contributed by atoms with Crippen LogP contribution in [0.15, 0.2) is 30.3 Å². The van der Waals surface area contributed by atoms with Crippen molar-refractivity contribution < 1.29 is 54.1 Å². The first-order valence-corrected chi connectivity index (χ1v) is 14.6. The topological polar surface area (TPSA) is 36.9 Å². The van der Waals surface area contributed by atoms with E-state index in [-0.39, 0.29) is 18.8 Å². The standard InChI is InChI=1S/C31H34F8O4/c1-17-2-4-18(5-3-17)21-15-40-29(41-16-21)19-6-8-22(9-7-19)30(35,36)42-23-10-11-24(25(32)14-23)20-12-26(33)28(27(34)13-20)43-31(37,38)39/h10-14,17-19,21-22,29H,2-9,15-16H2,1H3. The summed E-state index contributed by atoms with van der Waals surface area (Å²) in [7, 11) is 0. The summed E-state index contributed by atoms with van der Waals surface area (Å²) < 4.78 is 131. The number of halogens is 8. The third kappa shape index (κ3) is 7.74. The molecule has 12 heteroatoms. The number of hydrogen-bond acceptors (Lipinski definition) is 4. The van der Waals surface area contributed by atoms with Gasteiger partial charge in [0.1, 0.15) is 11.6 Å². The molecule has 0 unspecified atom stereocenters. The molecule has 0 atom stereocenters. The Bertz CT molecular complexity index is 1220. The maximum Gasteiger partial charge on any atom is 0.573 e. The molecule has 2 aliphatic carbocycles. The Balaban J connectivity index is 1.14. The predicted molar refractivity (Wildman–Crippen MR) is 140 cm³/mol. The summed E-state index contributed by atoms with van der Waals surface area (Å²) in [6.45, 7) is 3.52. The third-order valence-corrected chi connectivity index (χ3v) is 9.03. The SMILES string of the molecule is CC1CCC(C2COC(C3CCC(C(F)(F)Oc4ccc(-c5cc(F)c(OC(F)(F)F)c(F)c5)c(F)c4)CC3)OC2)CC1. The number of ether oxygens (including phenoxy) is 4. The molecule has 0 radical (unpaired) electrons. The van der Waals surface area contributed by atoms with E-state index >= 15 is 8.78 Å². The average Bonchev–Trinajstić information content (AvgIpc) is 2.95. The van der Waals surface area contributed by atoms with Gasteiger partial charge in [-0.25, -0.2) is 13.2 Å². The van der Waals surface area contributed by atoms with E-state index in [1.54, 1.807) is 0 Å². The largest absolute Gasteiger partial charge is 0.573 e. The lowest BCUT2D eigenvalue weighted by Gasteiger charge is -2.41. The van der Waals surface area contributed by atoms with E-state index in [1.807, 2.05) is 0 Å². The van der Waals surface area contributed by atoms with Crippen molar-refractivity contribution in [2.45, 2.75) is 77.1 Å². The molecule has 2 aromatic carbocycles. The van der Waals surface area contributed by atoms with Gasteiger partial charge >= 0.3 is 12.5 Å². The molecule has 1 saturated heterocycles. The van der Waals surface area contributed by atoms with Gasteiger partial charge < -0.3 is 18.9 Å². The molecular formula is C31H34F8O4. The summed E-state index contributed by atoms with van der Waals surface area (Å²) in [6, 6.07) is 3.49. The van der Waals surface area contributed by atoms with Gasteiger partial charge in [-0.05, 0) is 80.2 Å². The molecule has 4 nitrogen and oxygen atoms in total. The molecule has 2 saturated carbocycles. The van der Waals surface area contributed by atoms with Crippen LogP contribution >= 0.6 is 0 Å². The van der Waals surface area contributed by atoms with Crippen LogP contribution in [0.25, 0.3) is 11.1 Å². The van der Waals surface area contributed by atoms with Crippen molar-refractivity contribution >= 4 is 0 Å². The number of alkyl halides is 5. The highest BCUT2D eigenvalue weighted by Gasteiger charge is 2.46. The molecule has 0 spiro atoms. The summed E-state index contributed by atoms with van der Waals surface area (Å²) in [5.41, 5.74) is -0.884. The van der Waals surface area contributed by atoms with E-state index in [1.165, 1.54) is 25.7 Å². The smallest absolute Gasteiger partial charge is 0.432 e. The zero-order valence-corrected chi connectivity index (χ0v) is 23.6. The summed E-state index contributed by atoms with van der Waals surface area (Å²) in [6.07, 6.45) is -3.36. The monoisotopic (exact) mass is 622 g/mol. The van der Waals surface area contributed by atoms with Crippen LogP contribution < -0.4 is 9.47 Å². The Kier molecular flexibility index (Phi) is 9.46. The zero-order chi connectivity index (χ0) is 30.9. The maximum atomic E-state index is 15.1. The minimum atomic E-state index is -5.34. The van der Waals surface area contributed by atoms with E-state index in [0.29, 0.717) is 56.1 Å². The molecular weight excluding hydrogens is 588 g/mol. The van der Waals surface area contributed by atoms with Crippen LogP contribution in [0.2, 0.25) is 0 Å². The predicted octanol–water partition coefficient (Wildman–Crippen LogP) is 9.26. The maximum absolute atomic E-state index is 15.1. The fourth-order valence-corrected chi connectivity index (χ4v) is 6.52. The van der Waals surface area contributed by atoms with E-state index in [4.69, 9.17) is 14.2 Å². The Morgan fingerprint density at radius 1 is 0.674 bits per heavy atom. The van der Waals surface area contributed by atoms with E-state index < -0.39 is 64.8 Å². The Morgan fingerprint density at radius 2 is 1.26 bits per heavy atom. The first-order chi connectivity index (χ1) is 20.3.